The van der Waals surface area contributed by atoms with Gasteiger partial charge >= 0.3 is 6.09 Å². The molecule has 0 aliphatic carbocycles. The Morgan fingerprint density at radius 2 is 2.09 bits per heavy atom. The summed E-state index contributed by atoms with van der Waals surface area (Å²) in [4.78, 5) is 21.7. The second-order valence-electron chi connectivity index (χ2n) is 5.74. The molecule has 0 fully saturated rings. The number of nitro groups is 1. The average molecular weight is 304 g/mol. The van der Waals surface area contributed by atoms with Gasteiger partial charge in [0.1, 0.15) is 5.60 Å². The van der Waals surface area contributed by atoms with Crippen molar-refractivity contribution in [2.75, 3.05) is 6.54 Å². The van der Waals surface area contributed by atoms with Crippen LogP contribution in [-0.2, 0) is 4.74 Å². The molecule has 0 saturated carbocycles. The summed E-state index contributed by atoms with van der Waals surface area (Å²) in [6, 6.07) is 4.56. The number of carbonyl (C=O) groups is 1. The quantitative estimate of drug-likeness (QED) is 0.402. The normalized spacial score (nSPS) is 10.4. The first-order valence-corrected chi connectivity index (χ1v) is 6.90. The molecule has 0 spiro atoms. The smallest absolute Gasteiger partial charge is 0.407 e. The summed E-state index contributed by atoms with van der Waals surface area (Å²) in [6.45, 7) is 7.56. The monoisotopic (exact) mass is 304 g/mol. The van der Waals surface area contributed by atoms with E-state index in [0.717, 1.165) is 5.56 Å². The minimum atomic E-state index is -0.532. The highest BCUT2D eigenvalue weighted by Crippen LogP contribution is 2.16. The van der Waals surface area contributed by atoms with Crippen LogP contribution in [0.2, 0.25) is 0 Å². The van der Waals surface area contributed by atoms with Crippen LogP contribution in [0.15, 0.2) is 18.2 Å². The van der Waals surface area contributed by atoms with E-state index in [1.165, 1.54) is 12.1 Å². The molecule has 1 aromatic rings. The number of ether oxygens (including phenoxy) is 1. The Balaban J connectivity index is 2.53. The van der Waals surface area contributed by atoms with Crippen LogP contribution in [0.3, 0.4) is 0 Å². The van der Waals surface area contributed by atoms with Crippen molar-refractivity contribution in [1.82, 2.24) is 5.32 Å². The predicted molar refractivity (Wildman–Crippen MR) is 83.6 cm³/mol. The van der Waals surface area contributed by atoms with Crippen LogP contribution in [0.5, 0.6) is 0 Å². The van der Waals surface area contributed by atoms with E-state index in [2.05, 4.69) is 17.2 Å². The standard InChI is InChI=1S/C16H20N2O4/c1-12-8-9-14(18(20)21)11-13(12)7-5-6-10-17-15(19)22-16(2,3)4/h8-9,11H,6,10H2,1-4H3,(H,17,19). The van der Waals surface area contributed by atoms with Gasteiger partial charge in [0.25, 0.3) is 5.69 Å². The molecule has 0 radical (unpaired) electrons. The van der Waals surface area contributed by atoms with Gasteiger partial charge in [-0.2, -0.15) is 0 Å². The molecule has 22 heavy (non-hydrogen) atoms. The van der Waals surface area contributed by atoms with Gasteiger partial charge in [0.15, 0.2) is 0 Å². The molecule has 6 heteroatoms. The number of non-ortho nitro benzene ring substituents is 1. The van der Waals surface area contributed by atoms with Crippen molar-refractivity contribution in [3.63, 3.8) is 0 Å². The first-order chi connectivity index (χ1) is 10.2. The molecule has 0 aliphatic heterocycles. The minimum Gasteiger partial charge on any atom is -0.444 e. The topological polar surface area (TPSA) is 81.5 Å². The highest BCUT2D eigenvalue weighted by atomic mass is 16.6. The molecule has 0 atom stereocenters. The van der Waals surface area contributed by atoms with Crippen molar-refractivity contribution in [2.24, 2.45) is 0 Å². The molecule has 0 heterocycles. The molecular weight excluding hydrogens is 284 g/mol. The van der Waals surface area contributed by atoms with E-state index in [0.29, 0.717) is 18.5 Å². The number of hydrogen-bond acceptors (Lipinski definition) is 4. The lowest BCUT2D eigenvalue weighted by atomic mass is 10.1. The molecule has 1 rings (SSSR count). The van der Waals surface area contributed by atoms with Gasteiger partial charge in [0.2, 0.25) is 0 Å². The second-order valence-corrected chi connectivity index (χ2v) is 5.74. The highest BCUT2D eigenvalue weighted by Gasteiger charge is 2.15. The lowest BCUT2D eigenvalue weighted by molar-refractivity contribution is -0.384. The van der Waals surface area contributed by atoms with E-state index >= 15 is 0 Å². The van der Waals surface area contributed by atoms with Crippen molar-refractivity contribution in [1.29, 1.82) is 0 Å². The summed E-state index contributed by atoms with van der Waals surface area (Å²) in [5, 5.41) is 13.3. The number of nitro benzene ring substituents is 1. The Hall–Kier alpha value is -2.55. The average Bonchev–Trinajstić information content (AvgIpc) is 2.37. The number of alkyl carbamates (subject to hydrolysis) is 1. The third-order valence-electron chi connectivity index (χ3n) is 2.57. The van der Waals surface area contributed by atoms with Gasteiger partial charge in [0, 0.05) is 30.7 Å². The van der Waals surface area contributed by atoms with Gasteiger partial charge in [-0.15, -0.1) is 0 Å². The Kier molecular flexibility index (Phi) is 5.93. The van der Waals surface area contributed by atoms with E-state index in [-0.39, 0.29) is 5.69 Å². The second kappa shape index (κ2) is 7.46. The van der Waals surface area contributed by atoms with E-state index in [9.17, 15) is 14.9 Å². The number of aryl methyl sites for hydroxylation is 1. The molecular formula is C16H20N2O4. The van der Waals surface area contributed by atoms with Crippen molar-refractivity contribution >= 4 is 11.8 Å². The Morgan fingerprint density at radius 1 is 1.41 bits per heavy atom. The first-order valence-electron chi connectivity index (χ1n) is 6.90. The van der Waals surface area contributed by atoms with E-state index in [1.807, 2.05) is 6.92 Å². The fraction of sp³-hybridized carbons (Fsp3) is 0.438. The van der Waals surface area contributed by atoms with Crippen LogP contribution in [-0.4, -0.2) is 23.2 Å². The van der Waals surface area contributed by atoms with E-state index in [1.54, 1.807) is 26.8 Å². The fourth-order valence-electron chi connectivity index (χ4n) is 1.56. The lowest BCUT2D eigenvalue weighted by Gasteiger charge is -2.19. The summed E-state index contributed by atoms with van der Waals surface area (Å²) >= 11 is 0. The van der Waals surface area contributed by atoms with Gasteiger partial charge in [-0.3, -0.25) is 10.1 Å². The molecule has 118 valence electrons. The maximum Gasteiger partial charge on any atom is 0.407 e. The number of carbonyl (C=O) groups excluding carboxylic acids is 1. The zero-order chi connectivity index (χ0) is 16.8. The summed E-state index contributed by atoms with van der Waals surface area (Å²) < 4.78 is 5.09. The Bertz CT molecular complexity index is 621. The van der Waals surface area contributed by atoms with Gasteiger partial charge in [-0.05, 0) is 33.3 Å². The molecule has 1 N–H and O–H groups in total. The number of nitrogens with zero attached hydrogens (tertiary/aromatic N) is 1. The van der Waals surface area contributed by atoms with Gasteiger partial charge < -0.3 is 10.1 Å². The number of rotatable bonds is 3. The molecule has 0 aromatic heterocycles. The number of hydrogen-bond donors (Lipinski definition) is 1. The van der Waals surface area contributed by atoms with Crippen molar-refractivity contribution in [2.45, 2.75) is 39.7 Å². The summed E-state index contributed by atoms with van der Waals surface area (Å²) in [7, 11) is 0. The Labute approximate surface area is 130 Å². The van der Waals surface area contributed by atoms with Crippen molar-refractivity contribution in [3.05, 3.63) is 39.4 Å². The Morgan fingerprint density at radius 3 is 2.68 bits per heavy atom. The molecule has 6 nitrogen and oxygen atoms in total. The maximum absolute atomic E-state index is 11.4. The summed E-state index contributed by atoms with van der Waals surface area (Å²) in [6.07, 6.45) is -0.0534. The third kappa shape index (κ3) is 6.27. The summed E-state index contributed by atoms with van der Waals surface area (Å²) in [5.74, 6) is 5.77. The molecule has 0 bridgehead atoms. The SMILES string of the molecule is Cc1ccc([N+](=O)[O-])cc1C#CCCNC(=O)OC(C)(C)C. The minimum absolute atomic E-state index is 0.0155. The highest BCUT2D eigenvalue weighted by molar-refractivity contribution is 5.67. The molecule has 0 unspecified atom stereocenters. The van der Waals surface area contributed by atoms with Gasteiger partial charge in [-0.1, -0.05) is 17.9 Å². The molecule has 1 amide bonds. The first kappa shape index (κ1) is 17.5. The molecule has 0 saturated heterocycles. The largest absolute Gasteiger partial charge is 0.444 e. The van der Waals surface area contributed by atoms with E-state index in [4.69, 9.17) is 4.74 Å². The van der Waals surface area contributed by atoms with E-state index < -0.39 is 16.6 Å². The van der Waals surface area contributed by atoms with Gasteiger partial charge in [-0.25, -0.2) is 4.79 Å². The number of benzene rings is 1. The molecule has 1 aromatic carbocycles. The number of nitrogens with one attached hydrogen (secondary N) is 1. The summed E-state index contributed by atoms with van der Waals surface area (Å²) in [5.41, 5.74) is 0.974. The third-order valence-corrected chi connectivity index (χ3v) is 2.57. The van der Waals surface area contributed by atoms with Crippen LogP contribution in [0.4, 0.5) is 10.5 Å². The van der Waals surface area contributed by atoms with Crippen LogP contribution in [0.1, 0.15) is 38.3 Å². The van der Waals surface area contributed by atoms with Crippen molar-refractivity contribution in [3.8, 4) is 11.8 Å². The maximum atomic E-state index is 11.4. The zero-order valence-electron chi connectivity index (χ0n) is 13.2. The predicted octanol–water partition coefficient (Wildman–Crippen LogP) is 3.17. The molecule has 0 aliphatic rings. The van der Waals surface area contributed by atoms with Crippen molar-refractivity contribution < 1.29 is 14.5 Å². The zero-order valence-corrected chi connectivity index (χ0v) is 13.2. The van der Waals surface area contributed by atoms with Crippen LogP contribution >= 0.6 is 0 Å². The van der Waals surface area contributed by atoms with Crippen LogP contribution in [0.25, 0.3) is 0 Å². The van der Waals surface area contributed by atoms with Crippen LogP contribution < -0.4 is 5.32 Å². The fourth-order valence-corrected chi connectivity index (χ4v) is 1.56. The van der Waals surface area contributed by atoms with Crippen LogP contribution in [0, 0.1) is 28.9 Å². The number of amides is 1. The lowest BCUT2D eigenvalue weighted by Crippen LogP contribution is -2.32. The van der Waals surface area contributed by atoms with Gasteiger partial charge in [0.05, 0.1) is 4.92 Å².